The third-order valence-electron chi connectivity index (χ3n) is 5.57. The number of aryl methyl sites for hydroxylation is 1. The average Bonchev–Trinajstić information content (AvgIpc) is 3.10. The number of rotatable bonds is 7. The molecule has 6 heteroatoms. The summed E-state index contributed by atoms with van der Waals surface area (Å²) >= 11 is 6.10. The number of esters is 1. The molecule has 0 aromatic heterocycles. The van der Waals surface area contributed by atoms with Crippen molar-refractivity contribution in [3.63, 3.8) is 0 Å². The SMILES string of the molecule is CCCC(C(=O)Nc1c(C)cc(Cl)cc1C(=O)OC)[N+]1(CC)CCCC1. The maximum absolute atomic E-state index is 13.2. The predicted octanol–water partition coefficient (Wildman–Crippen LogP) is 4.17. The molecule has 144 valence electrons. The molecule has 1 amide bonds. The number of quaternary nitrogens is 1. The number of carbonyl (C=O) groups excluding carboxylic acids is 2. The van der Waals surface area contributed by atoms with Crippen LogP contribution in [0.25, 0.3) is 0 Å². The van der Waals surface area contributed by atoms with Crippen LogP contribution in [0.2, 0.25) is 5.02 Å². The van der Waals surface area contributed by atoms with Crippen LogP contribution in [0.5, 0.6) is 0 Å². The summed E-state index contributed by atoms with van der Waals surface area (Å²) < 4.78 is 5.70. The van der Waals surface area contributed by atoms with Gasteiger partial charge in [-0.15, -0.1) is 0 Å². The lowest BCUT2D eigenvalue weighted by Gasteiger charge is -2.40. The molecule has 0 aliphatic carbocycles. The van der Waals surface area contributed by atoms with Crippen molar-refractivity contribution in [2.75, 3.05) is 32.1 Å². The highest BCUT2D eigenvalue weighted by Crippen LogP contribution is 2.30. The number of hydrogen-bond acceptors (Lipinski definition) is 3. The lowest BCUT2D eigenvalue weighted by Crippen LogP contribution is -2.58. The smallest absolute Gasteiger partial charge is 0.340 e. The first-order valence-electron chi connectivity index (χ1n) is 9.43. The second-order valence-corrected chi connectivity index (χ2v) is 7.56. The van der Waals surface area contributed by atoms with Gasteiger partial charge < -0.3 is 14.5 Å². The first-order valence-corrected chi connectivity index (χ1v) is 9.81. The molecule has 0 radical (unpaired) electrons. The topological polar surface area (TPSA) is 55.4 Å². The highest BCUT2D eigenvalue weighted by Gasteiger charge is 2.42. The van der Waals surface area contributed by atoms with Crippen LogP contribution < -0.4 is 5.32 Å². The Balaban J connectivity index is 2.36. The van der Waals surface area contributed by atoms with Crippen LogP contribution in [0.3, 0.4) is 0 Å². The Bertz CT molecular complexity index is 669. The Labute approximate surface area is 161 Å². The first kappa shape index (κ1) is 20.7. The molecule has 26 heavy (non-hydrogen) atoms. The van der Waals surface area contributed by atoms with Gasteiger partial charge in [-0.1, -0.05) is 18.5 Å². The molecule has 1 atom stereocenters. The summed E-state index contributed by atoms with van der Waals surface area (Å²) in [4.78, 5) is 25.4. The minimum atomic E-state index is -0.501. The minimum absolute atomic E-state index is 0.0221. The van der Waals surface area contributed by atoms with Crippen LogP contribution in [0.15, 0.2) is 12.1 Å². The van der Waals surface area contributed by atoms with E-state index < -0.39 is 5.97 Å². The molecule has 1 aliphatic rings. The fraction of sp³-hybridized carbons (Fsp3) is 0.600. The van der Waals surface area contributed by atoms with Crippen molar-refractivity contribution in [3.8, 4) is 0 Å². The Morgan fingerprint density at radius 3 is 2.46 bits per heavy atom. The molecule has 5 nitrogen and oxygen atoms in total. The Hall–Kier alpha value is -1.59. The van der Waals surface area contributed by atoms with Crippen molar-refractivity contribution in [1.29, 1.82) is 0 Å². The van der Waals surface area contributed by atoms with Crippen LogP contribution in [0.4, 0.5) is 5.69 Å². The number of halogens is 1. The summed E-state index contributed by atoms with van der Waals surface area (Å²) in [6.07, 6.45) is 4.10. The Morgan fingerprint density at radius 2 is 1.92 bits per heavy atom. The second-order valence-electron chi connectivity index (χ2n) is 7.12. The van der Waals surface area contributed by atoms with E-state index >= 15 is 0 Å². The highest BCUT2D eigenvalue weighted by molar-refractivity contribution is 6.31. The number of nitrogens with zero attached hydrogens (tertiary/aromatic N) is 1. The first-order chi connectivity index (χ1) is 12.4. The quantitative estimate of drug-likeness (QED) is 0.569. The molecule has 1 aliphatic heterocycles. The lowest BCUT2D eigenvalue weighted by molar-refractivity contribution is -0.930. The van der Waals surface area contributed by atoms with Crippen molar-refractivity contribution in [2.45, 2.75) is 52.5 Å². The fourth-order valence-electron chi connectivity index (χ4n) is 4.13. The largest absolute Gasteiger partial charge is 0.465 e. The Kier molecular flexibility index (Phi) is 7.07. The molecule has 1 heterocycles. The molecule has 1 aromatic carbocycles. The number of hydrogen-bond donors (Lipinski definition) is 1. The van der Waals surface area contributed by atoms with Gasteiger partial charge >= 0.3 is 5.97 Å². The summed E-state index contributed by atoms with van der Waals surface area (Å²) in [6, 6.07) is 3.19. The van der Waals surface area contributed by atoms with Gasteiger partial charge in [0.25, 0.3) is 5.91 Å². The molecule has 1 unspecified atom stereocenters. The van der Waals surface area contributed by atoms with Crippen LogP contribution in [0.1, 0.15) is 55.5 Å². The minimum Gasteiger partial charge on any atom is -0.465 e. The zero-order chi connectivity index (χ0) is 19.3. The van der Waals surface area contributed by atoms with Crippen molar-refractivity contribution >= 4 is 29.2 Å². The van der Waals surface area contributed by atoms with Crippen LogP contribution in [-0.2, 0) is 9.53 Å². The van der Waals surface area contributed by atoms with Gasteiger partial charge in [0.15, 0.2) is 6.04 Å². The number of methoxy groups -OCH3 is 1. The fourth-order valence-corrected chi connectivity index (χ4v) is 4.40. The summed E-state index contributed by atoms with van der Waals surface area (Å²) in [5, 5.41) is 3.47. The van der Waals surface area contributed by atoms with Gasteiger partial charge in [-0.3, -0.25) is 4.79 Å². The lowest BCUT2D eigenvalue weighted by atomic mass is 10.0. The number of likely N-dealkylation sites (tertiary alicyclic amines) is 1. The van der Waals surface area contributed by atoms with Gasteiger partial charge in [-0.25, -0.2) is 4.79 Å². The summed E-state index contributed by atoms with van der Waals surface area (Å²) in [6.45, 7) is 9.13. The number of ether oxygens (including phenoxy) is 1. The Morgan fingerprint density at radius 1 is 1.27 bits per heavy atom. The highest BCUT2D eigenvalue weighted by atomic mass is 35.5. The van der Waals surface area contributed by atoms with E-state index in [9.17, 15) is 9.59 Å². The summed E-state index contributed by atoms with van der Waals surface area (Å²) in [5.41, 5.74) is 1.55. The molecule has 1 saturated heterocycles. The molecule has 1 aromatic rings. The molecule has 0 spiro atoms. The second kappa shape index (κ2) is 8.87. The maximum Gasteiger partial charge on any atom is 0.340 e. The number of likely N-dealkylation sites (N-methyl/N-ethyl adjacent to an activating group) is 1. The van der Waals surface area contributed by atoms with Crippen LogP contribution >= 0.6 is 11.6 Å². The van der Waals surface area contributed by atoms with E-state index in [1.54, 1.807) is 12.1 Å². The maximum atomic E-state index is 13.2. The third kappa shape index (κ3) is 4.21. The van der Waals surface area contributed by atoms with E-state index in [1.807, 2.05) is 6.92 Å². The van der Waals surface area contributed by atoms with E-state index in [4.69, 9.17) is 16.3 Å². The predicted molar refractivity (Wildman–Crippen MR) is 105 cm³/mol. The number of nitrogens with one attached hydrogen (secondary N) is 1. The van der Waals surface area contributed by atoms with Crippen molar-refractivity contribution in [1.82, 2.24) is 0 Å². The zero-order valence-electron chi connectivity index (χ0n) is 16.2. The molecule has 2 rings (SSSR count). The molecule has 0 saturated carbocycles. The van der Waals surface area contributed by atoms with Gasteiger partial charge in [-0.2, -0.15) is 0 Å². The number of amides is 1. The zero-order valence-corrected chi connectivity index (χ0v) is 17.0. The van der Waals surface area contributed by atoms with Crippen molar-refractivity contribution in [2.24, 2.45) is 0 Å². The van der Waals surface area contributed by atoms with Crippen molar-refractivity contribution in [3.05, 3.63) is 28.3 Å². The van der Waals surface area contributed by atoms with Crippen molar-refractivity contribution < 1.29 is 18.8 Å². The molecular formula is C20H30ClN2O3+. The molecular weight excluding hydrogens is 352 g/mol. The van der Waals surface area contributed by atoms with E-state index in [2.05, 4.69) is 19.2 Å². The number of carbonyl (C=O) groups is 2. The van der Waals surface area contributed by atoms with Gasteiger partial charge in [0.1, 0.15) is 0 Å². The van der Waals surface area contributed by atoms with E-state index in [0.29, 0.717) is 16.3 Å². The number of benzene rings is 1. The van der Waals surface area contributed by atoms with E-state index in [0.717, 1.165) is 55.4 Å². The van der Waals surface area contributed by atoms with E-state index in [1.165, 1.54) is 7.11 Å². The summed E-state index contributed by atoms with van der Waals surface area (Å²) in [5.74, 6) is -0.523. The standard InChI is InChI=1S/C20H29ClN2O3/c1-5-9-17(23(6-2)10-7-8-11-23)19(24)22-18-14(3)12-15(21)13-16(18)20(25)26-4/h12-13,17H,5-11H2,1-4H3/p+1. The van der Waals surface area contributed by atoms with E-state index in [-0.39, 0.29) is 11.9 Å². The number of anilines is 1. The molecule has 1 fully saturated rings. The normalized spacial score (nSPS) is 17.0. The third-order valence-corrected chi connectivity index (χ3v) is 5.78. The van der Waals surface area contributed by atoms with Crippen LogP contribution in [0, 0.1) is 6.92 Å². The van der Waals surface area contributed by atoms with Gasteiger partial charge in [-0.05, 0) is 38.0 Å². The average molecular weight is 382 g/mol. The van der Waals surface area contributed by atoms with Gasteiger partial charge in [0.05, 0.1) is 38.0 Å². The van der Waals surface area contributed by atoms with Gasteiger partial charge in [0, 0.05) is 24.3 Å². The molecule has 0 bridgehead atoms. The molecule has 1 N–H and O–H groups in total. The monoisotopic (exact) mass is 381 g/mol. The van der Waals surface area contributed by atoms with Crippen LogP contribution in [-0.4, -0.2) is 49.1 Å². The van der Waals surface area contributed by atoms with Gasteiger partial charge in [0.2, 0.25) is 0 Å². The summed E-state index contributed by atoms with van der Waals surface area (Å²) in [7, 11) is 1.32.